The van der Waals surface area contributed by atoms with E-state index < -0.39 is 0 Å². The first-order valence-corrected chi connectivity index (χ1v) is 10.5. The van der Waals surface area contributed by atoms with E-state index >= 15 is 0 Å². The lowest BCUT2D eigenvalue weighted by atomic mass is 10.0. The van der Waals surface area contributed by atoms with E-state index in [-0.39, 0.29) is 17.2 Å². The minimum absolute atomic E-state index is 0.174. The van der Waals surface area contributed by atoms with Gasteiger partial charge < -0.3 is 9.88 Å². The first-order chi connectivity index (χ1) is 13.5. The van der Waals surface area contributed by atoms with Gasteiger partial charge in [-0.3, -0.25) is 14.7 Å². The van der Waals surface area contributed by atoms with Crippen molar-refractivity contribution < 1.29 is 4.79 Å². The molecule has 3 aromatic rings. The Bertz CT molecular complexity index is 1080. The minimum atomic E-state index is -0.315. The van der Waals surface area contributed by atoms with E-state index in [0.29, 0.717) is 36.1 Å². The van der Waals surface area contributed by atoms with Crippen molar-refractivity contribution in [2.45, 2.75) is 18.7 Å². The lowest BCUT2D eigenvalue weighted by molar-refractivity contribution is 0.0728. The zero-order chi connectivity index (χ0) is 19.7. The lowest BCUT2D eigenvalue weighted by Gasteiger charge is -2.27. The fraction of sp³-hybridized carbons (Fsp3) is 0.263. The molecule has 0 aliphatic carbocycles. The smallest absolute Gasteiger partial charge is 0.273 e. The molecule has 9 heteroatoms. The van der Waals surface area contributed by atoms with E-state index in [1.165, 1.54) is 17.8 Å². The van der Waals surface area contributed by atoms with Crippen LogP contribution in [0, 0.1) is 0 Å². The first kappa shape index (κ1) is 18.8. The van der Waals surface area contributed by atoms with Crippen molar-refractivity contribution in [3.63, 3.8) is 0 Å². The summed E-state index contributed by atoms with van der Waals surface area (Å²) in [5, 5.41) is 8.18. The molecule has 28 heavy (non-hydrogen) atoms. The monoisotopic (exact) mass is 415 g/mol. The van der Waals surface area contributed by atoms with Gasteiger partial charge in [0.25, 0.3) is 11.5 Å². The Labute approximate surface area is 170 Å². The highest BCUT2D eigenvalue weighted by Crippen LogP contribution is 2.29. The number of nitrogens with one attached hydrogen (secondary N) is 2. The normalized spacial score (nSPS) is 13.4. The van der Waals surface area contributed by atoms with Crippen molar-refractivity contribution in [3.8, 4) is 11.3 Å². The van der Waals surface area contributed by atoms with Gasteiger partial charge in [0, 0.05) is 40.9 Å². The number of carbonyl (C=O) groups is 1. The van der Waals surface area contributed by atoms with Gasteiger partial charge in [-0.2, -0.15) is 16.9 Å². The number of benzene rings is 1. The topological polar surface area (TPSA) is 94.7 Å². The van der Waals surface area contributed by atoms with Crippen LogP contribution in [0.15, 0.2) is 35.1 Å². The molecular weight excluding hydrogens is 398 g/mol. The van der Waals surface area contributed by atoms with Crippen molar-refractivity contribution in [1.82, 2.24) is 25.1 Å². The number of hydrogen-bond acceptors (Lipinski definition) is 5. The van der Waals surface area contributed by atoms with Gasteiger partial charge in [-0.15, -0.1) is 0 Å². The minimum Gasteiger partial charge on any atom is -0.332 e. The molecule has 0 saturated carbocycles. The first-order valence-electron chi connectivity index (χ1n) is 8.75. The van der Waals surface area contributed by atoms with Crippen LogP contribution in [0.5, 0.6) is 0 Å². The number of thioether (sulfide) groups is 1. The van der Waals surface area contributed by atoms with Gasteiger partial charge in [-0.05, 0) is 18.4 Å². The van der Waals surface area contributed by atoms with E-state index in [0.717, 1.165) is 22.5 Å². The molecule has 2 N–H and O–H groups in total. The van der Waals surface area contributed by atoms with Crippen molar-refractivity contribution >= 4 is 29.3 Å². The summed E-state index contributed by atoms with van der Waals surface area (Å²) in [4.78, 5) is 33.6. The molecule has 1 aliphatic rings. The predicted molar refractivity (Wildman–Crippen MR) is 110 cm³/mol. The highest BCUT2D eigenvalue weighted by atomic mass is 35.5. The van der Waals surface area contributed by atoms with Gasteiger partial charge in [-0.1, -0.05) is 23.7 Å². The highest BCUT2D eigenvalue weighted by Gasteiger charge is 2.27. The number of amides is 1. The maximum Gasteiger partial charge on any atom is 0.273 e. The Kier molecular flexibility index (Phi) is 5.23. The lowest BCUT2D eigenvalue weighted by Crippen LogP contribution is -2.37. The third kappa shape index (κ3) is 3.70. The highest BCUT2D eigenvalue weighted by molar-refractivity contribution is 7.97. The molecule has 1 aliphatic heterocycles. The summed E-state index contributed by atoms with van der Waals surface area (Å²) < 4.78 is 0. The molecular formula is C19H18ClN5O2S. The largest absolute Gasteiger partial charge is 0.332 e. The van der Waals surface area contributed by atoms with E-state index in [1.807, 2.05) is 30.5 Å². The molecule has 0 saturated heterocycles. The molecule has 3 heterocycles. The Morgan fingerprint density at radius 2 is 2.11 bits per heavy atom. The third-order valence-electron chi connectivity index (χ3n) is 4.63. The molecule has 0 spiro atoms. The summed E-state index contributed by atoms with van der Waals surface area (Å²) in [6, 6.07) is 8.71. The standard InChI is InChI=1S/C19H18ClN5O2S/c1-28-10-16-21-15(8-17(26)22-16)19(27)25-7-6-14-13(9-25)18(24-23-14)11-2-4-12(20)5-3-11/h2-5,8H,6-7,9-10H2,1H3,(H,23,24)(H,21,22,26). The molecule has 0 bridgehead atoms. The number of fused-ring (bicyclic) bond motifs is 1. The summed E-state index contributed by atoms with van der Waals surface area (Å²) in [6.45, 7) is 0.954. The van der Waals surface area contributed by atoms with Crippen LogP contribution in [0.4, 0.5) is 0 Å². The van der Waals surface area contributed by atoms with E-state index in [1.54, 1.807) is 4.90 Å². The molecule has 0 fully saturated rings. The molecule has 1 aromatic carbocycles. The summed E-state index contributed by atoms with van der Waals surface area (Å²) in [6.07, 6.45) is 2.58. The number of hydrogen-bond donors (Lipinski definition) is 2. The Morgan fingerprint density at radius 1 is 1.32 bits per heavy atom. The quantitative estimate of drug-likeness (QED) is 0.683. The van der Waals surface area contributed by atoms with Crippen molar-refractivity contribution in [2.75, 3.05) is 12.8 Å². The average molecular weight is 416 g/mol. The van der Waals surface area contributed by atoms with Crippen LogP contribution in [-0.4, -0.2) is 43.8 Å². The van der Waals surface area contributed by atoms with Gasteiger partial charge >= 0.3 is 0 Å². The van der Waals surface area contributed by atoms with Crippen molar-refractivity contribution in [3.05, 3.63) is 68.5 Å². The second kappa shape index (κ2) is 7.81. The number of rotatable bonds is 4. The molecule has 7 nitrogen and oxygen atoms in total. The number of aromatic nitrogens is 4. The second-order valence-corrected chi connectivity index (χ2v) is 7.83. The summed E-state index contributed by atoms with van der Waals surface area (Å²) in [5.41, 5.74) is 3.61. The second-order valence-electron chi connectivity index (χ2n) is 6.52. The van der Waals surface area contributed by atoms with Crippen molar-refractivity contribution in [1.29, 1.82) is 0 Å². The van der Waals surface area contributed by atoms with E-state index in [9.17, 15) is 9.59 Å². The zero-order valence-electron chi connectivity index (χ0n) is 15.2. The SMILES string of the molecule is CSCc1nc(C(=O)N2CCc3[nH]nc(-c4ccc(Cl)cc4)c3C2)cc(=O)[nH]1. The van der Waals surface area contributed by atoms with Crippen LogP contribution < -0.4 is 5.56 Å². The zero-order valence-corrected chi connectivity index (χ0v) is 16.7. The fourth-order valence-corrected chi connectivity index (χ4v) is 3.84. The van der Waals surface area contributed by atoms with E-state index in [4.69, 9.17) is 11.6 Å². The number of aromatic amines is 2. The molecule has 1 amide bonds. The molecule has 4 rings (SSSR count). The molecule has 0 atom stereocenters. The Morgan fingerprint density at radius 3 is 2.86 bits per heavy atom. The third-order valence-corrected chi connectivity index (χ3v) is 5.44. The maximum absolute atomic E-state index is 13.0. The molecule has 144 valence electrons. The fourth-order valence-electron chi connectivity index (χ4n) is 3.30. The van der Waals surface area contributed by atoms with Gasteiger partial charge in [0.1, 0.15) is 11.5 Å². The number of H-pyrrole nitrogens is 2. The summed E-state index contributed by atoms with van der Waals surface area (Å²) in [5.74, 6) is 0.803. The van der Waals surface area contributed by atoms with Crippen LogP contribution in [0.2, 0.25) is 5.02 Å². The van der Waals surface area contributed by atoms with Crippen LogP contribution in [-0.2, 0) is 18.7 Å². The van der Waals surface area contributed by atoms with Gasteiger partial charge in [0.05, 0.1) is 18.0 Å². The van der Waals surface area contributed by atoms with Crippen LogP contribution in [0.1, 0.15) is 27.6 Å². The predicted octanol–water partition coefficient (Wildman–Crippen LogP) is 2.87. The molecule has 0 radical (unpaired) electrons. The maximum atomic E-state index is 13.0. The summed E-state index contributed by atoms with van der Waals surface area (Å²) >= 11 is 7.51. The number of halogens is 1. The van der Waals surface area contributed by atoms with E-state index in [2.05, 4.69) is 20.2 Å². The number of nitrogens with zero attached hydrogens (tertiary/aromatic N) is 3. The van der Waals surface area contributed by atoms with Gasteiger partial charge in [-0.25, -0.2) is 4.98 Å². The van der Waals surface area contributed by atoms with Gasteiger partial charge in [0.2, 0.25) is 0 Å². The van der Waals surface area contributed by atoms with Crippen molar-refractivity contribution in [2.24, 2.45) is 0 Å². The number of carbonyl (C=O) groups excluding carboxylic acids is 1. The molecule has 2 aromatic heterocycles. The van der Waals surface area contributed by atoms with Crippen LogP contribution in [0.3, 0.4) is 0 Å². The van der Waals surface area contributed by atoms with Gasteiger partial charge in [0.15, 0.2) is 0 Å². The Hall–Kier alpha value is -2.58. The average Bonchev–Trinajstić information content (AvgIpc) is 3.11. The molecule has 0 unspecified atom stereocenters. The van der Waals surface area contributed by atoms with Crippen LogP contribution >= 0.6 is 23.4 Å². The summed E-state index contributed by atoms with van der Waals surface area (Å²) in [7, 11) is 0. The van der Waals surface area contributed by atoms with Crippen LogP contribution in [0.25, 0.3) is 11.3 Å². The Balaban J connectivity index is 1.62.